The van der Waals surface area contributed by atoms with Crippen LogP contribution in [0.25, 0.3) is 0 Å². The summed E-state index contributed by atoms with van der Waals surface area (Å²) in [6.07, 6.45) is -5.50. The van der Waals surface area contributed by atoms with Gasteiger partial charge in [0.25, 0.3) is 0 Å². The Hall–Kier alpha value is -1.70. The van der Waals surface area contributed by atoms with Crippen molar-refractivity contribution in [2.75, 3.05) is 6.61 Å². The highest BCUT2D eigenvalue weighted by molar-refractivity contribution is 5.67. The van der Waals surface area contributed by atoms with E-state index >= 15 is 0 Å². The standard InChI is InChI=1S/C11H15FO7/c1-5(13)16-4-8-9(17-6(2)14)10(11(12)19-8)18-7(3)15/h8-11H,4H2,1-3H3/t8-,9-,10-,11+/m1/s1. The molecule has 1 aliphatic heterocycles. The predicted molar refractivity (Wildman–Crippen MR) is 57.5 cm³/mol. The van der Waals surface area contributed by atoms with Crippen molar-refractivity contribution in [3.05, 3.63) is 0 Å². The van der Waals surface area contributed by atoms with Gasteiger partial charge in [0.1, 0.15) is 12.7 Å². The van der Waals surface area contributed by atoms with E-state index in [9.17, 15) is 18.8 Å². The Kier molecular flexibility index (Phi) is 5.22. The Balaban J connectivity index is 2.76. The number of halogens is 1. The fraction of sp³-hybridized carbons (Fsp3) is 0.727. The van der Waals surface area contributed by atoms with E-state index in [0.29, 0.717) is 0 Å². The van der Waals surface area contributed by atoms with Crippen molar-refractivity contribution in [3.8, 4) is 0 Å². The summed E-state index contributed by atoms with van der Waals surface area (Å²) >= 11 is 0. The topological polar surface area (TPSA) is 88.1 Å². The summed E-state index contributed by atoms with van der Waals surface area (Å²) < 4.78 is 32.7. The second-order valence-electron chi connectivity index (χ2n) is 3.98. The van der Waals surface area contributed by atoms with E-state index in [1.807, 2.05) is 0 Å². The summed E-state index contributed by atoms with van der Waals surface area (Å²) in [5, 5.41) is 0. The van der Waals surface area contributed by atoms with Crippen molar-refractivity contribution in [2.24, 2.45) is 0 Å². The monoisotopic (exact) mass is 278 g/mol. The highest BCUT2D eigenvalue weighted by Gasteiger charge is 2.50. The Morgan fingerprint density at radius 1 is 1.00 bits per heavy atom. The number of hydrogen-bond donors (Lipinski definition) is 0. The molecule has 1 heterocycles. The zero-order chi connectivity index (χ0) is 14.6. The number of carbonyl (C=O) groups excluding carboxylic acids is 3. The van der Waals surface area contributed by atoms with Crippen molar-refractivity contribution in [1.82, 2.24) is 0 Å². The smallest absolute Gasteiger partial charge is 0.303 e. The zero-order valence-electron chi connectivity index (χ0n) is 10.8. The van der Waals surface area contributed by atoms with E-state index in [2.05, 4.69) is 4.74 Å². The molecular formula is C11H15FO7. The number of ether oxygens (including phenoxy) is 4. The van der Waals surface area contributed by atoms with Crippen molar-refractivity contribution in [2.45, 2.75) is 45.4 Å². The molecule has 8 heteroatoms. The van der Waals surface area contributed by atoms with Crippen molar-refractivity contribution < 1.29 is 37.7 Å². The summed E-state index contributed by atoms with van der Waals surface area (Å²) in [5.74, 6) is -2.01. The van der Waals surface area contributed by atoms with Crippen LogP contribution >= 0.6 is 0 Å². The number of esters is 3. The molecule has 0 N–H and O–H groups in total. The van der Waals surface area contributed by atoms with Gasteiger partial charge in [0.05, 0.1) is 0 Å². The molecule has 0 bridgehead atoms. The molecule has 0 radical (unpaired) electrons. The molecule has 1 fully saturated rings. The third kappa shape index (κ3) is 4.47. The van der Waals surface area contributed by atoms with Crippen LogP contribution in [0.15, 0.2) is 0 Å². The van der Waals surface area contributed by atoms with E-state index in [4.69, 9.17) is 14.2 Å². The van der Waals surface area contributed by atoms with Gasteiger partial charge in [0, 0.05) is 20.8 Å². The van der Waals surface area contributed by atoms with Gasteiger partial charge < -0.3 is 18.9 Å². The first kappa shape index (κ1) is 15.4. The minimum Gasteiger partial charge on any atom is -0.463 e. The number of alkyl halides is 1. The van der Waals surface area contributed by atoms with E-state index < -0.39 is 42.6 Å². The van der Waals surface area contributed by atoms with Gasteiger partial charge in [-0.15, -0.1) is 0 Å². The lowest BCUT2D eigenvalue weighted by atomic mass is 10.1. The third-order valence-electron chi connectivity index (χ3n) is 2.31. The Morgan fingerprint density at radius 2 is 1.53 bits per heavy atom. The Morgan fingerprint density at radius 3 is 2.00 bits per heavy atom. The highest BCUT2D eigenvalue weighted by Crippen LogP contribution is 2.28. The molecular weight excluding hydrogens is 263 g/mol. The van der Waals surface area contributed by atoms with Crippen molar-refractivity contribution in [3.63, 3.8) is 0 Å². The molecule has 0 spiro atoms. The predicted octanol–water partition coefficient (Wildman–Crippen LogP) is 0.107. The first-order chi connectivity index (χ1) is 8.81. The van der Waals surface area contributed by atoms with Gasteiger partial charge in [-0.05, 0) is 0 Å². The fourth-order valence-electron chi connectivity index (χ4n) is 1.66. The fourth-order valence-corrected chi connectivity index (χ4v) is 1.66. The van der Waals surface area contributed by atoms with E-state index in [-0.39, 0.29) is 6.61 Å². The van der Waals surface area contributed by atoms with Crippen LogP contribution in [0, 0.1) is 0 Å². The summed E-state index contributed by atoms with van der Waals surface area (Å²) in [5.41, 5.74) is 0. The lowest BCUT2D eigenvalue weighted by molar-refractivity contribution is -0.167. The zero-order valence-corrected chi connectivity index (χ0v) is 10.8. The summed E-state index contributed by atoms with van der Waals surface area (Å²) in [6.45, 7) is 3.09. The van der Waals surface area contributed by atoms with Crippen LogP contribution in [0.1, 0.15) is 20.8 Å². The van der Waals surface area contributed by atoms with Gasteiger partial charge >= 0.3 is 17.9 Å². The second-order valence-corrected chi connectivity index (χ2v) is 3.98. The van der Waals surface area contributed by atoms with Crippen LogP contribution in [0.2, 0.25) is 0 Å². The molecule has 1 aliphatic rings. The number of hydrogen-bond acceptors (Lipinski definition) is 7. The lowest BCUT2D eigenvalue weighted by Crippen LogP contribution is -2.40. The molecule has 0 saturated carbocycles. The Bertz CT molecular complexity index is 370. The quantitative estimate of drug-likeness (QED) is 0.532. The first-order valence-corrected chi connectivity index (χ1v) is 5.58. The summed E-state index contributed by atoms with van der Waals surface area (Å²) in [4.78, 5) is 32.6. The van der Waals surface area contributed by atoms with Crippen LogP contribution in [0.3, 0.4) is 0 Å². The van der Waals surface area contributed by atoms with E-state index in [1.165, 1.54) is 6.92 Å². The van der Waals surface area contributed by atoms with Gasteiger partial charge in [-0.3, -0.25) is 14.4 Å². The lowest BCUT2D eigenvalue weighted by Gasteiger charge is -2.21. The maximum atomic E-state index is 13.6. The summed E-state index contributed by atoms with van der Waals surface area (Å²) in [7, 11) is 0. The normalized spacial score (nSPS) is 29.7. The maximum Gasteiger partial charge on any atom is 0.303 e. The third-order valence-corrected chi connectivity index (χ3v) is 2.31. The Labute approximate surface area is 108 Å². The first-order valence-electron chi connectivity index (χ1n) is 5.58. The maximum absolute atomic E-state index is 13.6. The van der Waals surface area contributed by atoms with Crippen LogP contribution in [-0.4, -0.2) is 49.2 Å². The minimum atomic E-state index is -1.95. The van der Waals surface area contributed by atoms with Crippen LogP contribution < -0.4 is 0 Å². The molecule has 0 aromatic heterocycles. The van der Waals surface area contributed by atoms with Gasteiger partial charge in [0.15, 0.2) is 12.2 Å². The van der Waals surface area contributed by atoms with Gasteiger partial charge in [-0.2, -0.15) is 0 Å². The molecule has 7 nitrogen and oxygen atoms in total. The molecule has 0 aromatic rings. The molecule has 0 unspecified atom stereocenters. The average molecular weight is 278 g/mol. The van der Waals surface area contributed by atoms with Crippen molar-refractivity contribution in [1.29, 1.82) is 0 Å². The molecule has 0 amide bonds. The molecule has 4 atom stereocenters. The van der Waals surface area contributed by atoms with E-state index in [0.717, 1.165) is 13.8 Å². The van der Waals surface area contributed by atoms with Gasteiger partial charge in [-0.25, -0.2) is 4.39 Å². The molecule has 0 aromatic carbocycles. The van der Waals surface area contributed by atoms with Crippen LogP contribution in [-0.2, 0) is 33.3 Å². The number of carbonyl (C=O) groups is 3. The molecule has 1 rings (SSSR count). The number of rotatable bonds is 4. The molecule has 108 valence electrons. The van der Waals surface area contributed by atoms with Crippen LogP contribution in [0.4, 0.5) is 4.39 Å². The summed E-state index contributed by atoms with van der Waals surface area (Å²) in [6, 6.07) is 0. The van der Waals surface area contributed by atoms with Crippen molar-refractivity contribution >= 4 is 17.9 Å². The highest BCUT2D eigenvalue weighted by atomic mass is 19.1. The largest absolute Gasteiger partial charge is 0.463 e. The molecule has 19 heavy (non-hydrogen) atoms. The van der Waals surface area contributed by atoms with Gasteiger partial charge in [-0.1, -0.05) is 0 Å². The SMILES string of the molecule is CC(=O)OC[C@H]1O[C@H](F)[C@H](OC(C)=O)[C@@H]1OC(C)=O. The van der Waals surface area contributed by atoms with Gasteiger partial charge in [0.2, 0.25) is 6.36 Å². The second kappa shape index (κ2) is 6.46. The van der Waals surface area contributed by atoms with E-state index in [1.54, 1.807) is 0 Å². The van der Waals surface area contributed by atoms with Crippen LogP contribution in [0.5, 0.6) is 0 Å². The molecule has 0 aliphatic carbocycles. The minimum absolute atomic E-state index is 0.300. The molecule has 1 saturated heterocycles. The average Bonchev–Trinajstić information content (AvgIpc) is 2.53.